The highest BCUT2D eigenvalue weighted by atomic mass is 32.1. The van der Waals surface area contributed by atoms with Crippen molar-refractivity contribution in [2.24, 2.45) is 0 Å². The number of thiocarbonyl (C=S) groups is 1. The van der Waals surface area contributed by atoms with Crippen molar-refractivity contribution in [3.63, 3.8) is 0 Å². The van der Waals surface area contributed by atoms with Crippen LogP contribution in [0.3, 0.4) is 0 Å². The highest BCUT2D eigenvalue weighted by Crippen LogP contribution is 2.30. The number of benzene rings is 2. The van der Waals surface area contributed by atoms with Gasteiger partial charge in [-0.05, 0) is 36.5 Å². The van der Waals surface area contributed by atoms with Crippen LogP contribution in [0.15, 0.2) is 48.0 Å². The number of carbonyl (C=O) groups excluding carboxylic acids is 2. The van der Waals surface area contributed by atoms with Crippen molar-refractivity contribution in [1.29, 1.82) is 0 Å². The van der Waals surface area contributed by atoms with Gasteiger partial charge in [0, 0.05) is 49.6 Å². The van der Waals surface area contributed by atoms with Crippen molar-refractivity contribution < 1.29 is 18.9 Å². The molecule has 0 aromatic heterocycles. The smallest absolute Gasteiger partial charge is 0.270 e. The molecule has 2 aromatic carbocycles. The van der Waals surface area contributed by atoms with Crippen LogP contribution in [0.5, 0.6) is 0 Å². The van der Waals surface area contributed by atoms with Gasteiger partial charge in [0.05, 0.1) is 10.6 Å². The van der Waals surface area contributed by atoms with Crippen molar-refractivity contribution >= 4 is 52.3 Å². The zero-order valence-electron chi connectivity index (χ0n) is 16.7. The number of para-hydroxylation sites is 1. The second-order valence-corrected chi connectivity index (χ2v) is 7.53. The van der Waals surface area contributed by atoms with Gasteiger partial charge in [0.1, 0.15) is 11.4 Å². The Balaban J connectivity index is 1.80. The molecule has 0 saturated carbocycles. The Morgan fingerprint density at radius 2 is 1.81 bits per heavy atom. The van der Waals surface area contributed by atoms with Crippen LogP contribution in [0.4, 0.5) is 21.5 Å². The molecule has 9 nitrogen and oxygen atoms in total. The number of nitrogens with zero attached hydrogens (tertiary/aromatic N) is 3. The molecule has 2 fully saturated rings. The predicted octanol–water partition coefficient (Wildman–Crippen LogP) is 1.97. The molecule has 164 valence electrons. The van der Waals surface area contributed by atoms with Gasteiger partial charge in [-0.1, -0.05) is 12.1 Å². The highest BCUT2D eigenvalue weighted by Gasteiger charge is 2.36. The maximum Gasteiger partial charge on any atom is 0.270 e. The van der Waals surface area contributed by atoms with Gasteiger partial charge in [-0.25, -0.2) is 9.29 Å². The van der Waals surface area contributed by atoms with E-state index in [1.54, 1.807) is 6.07 Å². The molecule has 0 radical (unpaired) electrons. The molecule has 11 heteroatoms. The topological polar surface area (TPSA) is 108 Å². The number of amides is 2. The number of carbonyl (C=O) groups is 2. The van der Waals surface area contributed by atoms with Crippen molar-refractivity contribution in [1.82, 2.24) is 10.6 Å². The van der Waals surface area contributed by atoms with Gasteiger partial charge in [0.25, 0.3) is 17.5 Å². The number of nitro groups is 1. The molecule has 0 spiro atoms. The SMILES string of the molecule is O=C1NC(=S)N(c2ccccc2F)C(=O)/C1=C\c1cc([N+](=O)[O-])ccc1N1CCNCC1. The summed E-state index contributed by atoms with van der Waals surface area (Å²) in [4.78, 5) is 39.5. The first-order valence-corrected chi connectivity index (χ1v) is 10.2. The van der Waals surface area contributed by atoms with Gasteiger partial charge < -0.3 is 10.2 Å². The molecule has 0 aliphatic carbocycles. The summed E-state index contributed by atoms with van der Waals surface area (Å²) in [5.41, 5.74) is 0.395. The third kappa shape index (κ3) is 4.07. The summed E-state index contributed by atoms with van der Waals surface area (Å²) in [7, 11) is 0. The predicted molar refractivity (Wildman–Crippen MR) is 121 cm³/mol. The maximum atomic E-state index is 14.3. The number of rotatable bonds is 4. The molecule has 0 bridgehead atoms. The molecule has 32 heavy (non-hydrogen) atoms. The largest absolute Gasteiger partial charge is 0.368 e. The van der Waals surface area contributed by atoms with E-state index in [2.05, 4.69) is 10.6 Å². The van der Waals surface area contributed by atoms with Gasteiger partial charge >= 0.3 is 0 Å². The third-order valence-electron chi connectivity index (χ3n) is 5.17. The fourth-order valence-corrected chi connectivity index (χ4v) is 3.90. The van der Waals surface area contributed by atoms with E-state index in [1.165, 1.54) is 42.5 Å². The molecule has 2 N–H and O–H groups in total. The summed E-state index contributed by atoms with van der Waals surface area (Å²) >= 11 is 5.10. The Kier molecular flexibility index (Phi) is 5.93. The van der Waals surface area contributed by atoms with Crippen LogP contribution in [-0.4, -0.2) is 48.0 Å². The summed E-state index contributed by atoms with van der Waals surface area (Å²) in [6, 6.07) is 9.84. The Morgan fingerprint density at radius 3 is 2.50 bits per heavy atom. The van der Waals surface area contributed by atoms with Crippen LogP contribution < -0.4 is 20.4 Å². The van der Waals surface area contributed by atoms with Crippen molar-refractivity contribution in [3.8, 4) is 0 Å². The number of halogens is 1. The summed E-state index contributed by atoms with van der Waals surface area (Å²) in [5.74, 6) is -2.26. The zero-order chi connectivity index (χ0) is 22.8. The molecule has 0 atom stereocenters. The summed E-state index contributed by atoms with van der Waals surface area (Å²) in [5, 5.41) is 16.7. The van der Waals surface area contributed by atoms with Crippen molar-refractivity contribution in [2.75, 3.05) is 36.0 Å². The monoisotopic (exact) mass is 455 g/mol. The van der Waals surface area contributed by atoms with Crippen LogP contribution in [0.2, 0.25) is 0 Å². The van der Waals surface area contributed by atoms with E-state index in [1.807, 2.05) is 4.90 Å². The molecule has 2 aromatic rings. The third-order valence-corrected chi connectivity index (χ3v) is 5.46. The van der Waals surface area contributed by atoms with E-state index in [4.69, 9.17) is 12.2 Å². The Hall–Kier alpha value is -3.70. The molecular weight excluding hydrogens is 437 g/mol. The van der Waals surface area contributed by atoms with Gasteiger partial charge in [-0.3, -0.25) is 25.0 Å². The van der Waals surface area contributed by atoms with E-state index in [0.717, 1.165) is 18.0 Å². The lowest BCUT2D eigenvalue weighted by Crippen LogP contribution is -2.54. The molecule has 4 rings (SSSR count). The molecule has 2 aliphatic heterocycles. The number of piperazine rings is 1. The summed E-state index contributed by atoms with van der Waals surface area (Å²) in [6.07, 6.45) is 1.29. The van der Waals surface area contributed by atoms with Crippen molar-refractivity contribution in [3.05, 3.63) is 69.5 Å². The zero-order valence-corrected chi connectivity index (χ0v) is 17.5. The minimum absolute atomic E-state index is 0.102. The fraction of sp³-hybridized carbons (Fsp3) is 0.190. The number of nitro benzene ring substituents is 1. The van der Waals surface area contributed by atoms with Crippen LogP contribution in [0.1, 0.15) is 5.56 Å². The number of hydrogen-bond acceptors (Lipinski definition) is 7. The number of anilines is 2. The van der Waals surface area contributed by atoms with Gasteiger partial charge in [0.15, 0.2) is 5.11 Å². The van der Waals surface area contributed by atoms with E-state index < -0.39 is 22.6 Å². The number of hydrogen-bond donors (Lipinski definition) is 2. The van der Waals surface area contributed by atoms with Gasteiger partial charge in [-0.15, -0.1) is 0 Å². The molecular formula is C21H18FN5O4S. The Morgan fingerprint density at radius 1 is 1.09 bits per heavy atom. The Bertz CT molecular complexity index is 1160. The quantitative estimate of drug-likeness (QED) is 0.239. The second kappa shape index (κ2) is 8.81. The molecule has 2 amide bonds. The molecule has 0 unspecified atom stereocenters. The first-order valence-electron chi connectivity index (χ1n) is 9.77. The normalized spacial score (nSPS) is 18.2. The van der Waals surface area contributed by atoms with E-state index in [-0.39, 0.29) is 22.1 Å². The van der Waals surface area contributed by atoms with Crippen LogP contribution in [0, 0.1) is 15.9 Å². The van der Waals surface area contributed by atoms with Gasteiger partial charge in [-0.2, -0.15) is 0 Å². The lowest BCUT2D eigenvalue weighted by molar-refractivity contribution is -0.384. The average Bonchev–Trinajstić information content (AvgIpc) is 2.78. The highest BCUT2D eigenvalue weighted by molar-refractivity contribution is 7.80. The molecule has 2 saturated heterocycles. The van der Waals surface area contributed by atoms with Gasteiger partial charge in [0.2, 0.25) is 0 Å². The lowest BCUT2D eigenvalue weighted by atomic mass is 10.0. The average molecular weight is 455 g/mol. The first-order chi connectivity index (χ1) is 15.4. The van der Waals surface area contributed by atoms with Crippen LogP contribution in [-0.2, 0) is 9.59 Å². The summed E-state index contributed by atoms with van der Waals surface area (Å²) in [6.45, 7) is 2.75. The van der Waals surface area contributed by atoms with E-state index in [9.17, 15) is 24.1 Å². The van der Waals surface area contributed by atoms with Crippen LogP contribution in [0.25, 0.3) is 6.08 Å². The first kappa shape index (κ1) is 21.5. The summed E-state index contributed by atoms with van der Waals surface area (Å²) < 4.78 is 14.3. The lowest BCUT2D eigenvalue weighted by Gasteiger charge is -2.31. The Labute approximate surface area is 187 Å². The van der Waals surface area contributed by atoms with Crippen LogP contribution >= 0.6 is 12.2 Å². The maximum absolute atomic E-state index is 14.3. The van der Waals surface area contributed by atoms with E-state index in [0.29, 0.717) is 24.3 Å². The minimum atomic E-state index is -0.818. The number of nitrogens with one attached hydrogen (secondary N) is 2. The number of non-ortho nitro benzene ring substituents is 1. The fourth-order valence-electron chi connectivity index (χ4n) is 3.63. The van der Waals surface area contributed by atoms with E-state index >= 15 is 0 Å². The van der Waals surface area contributed by atoms with Crippen molar-refractivity contribution in [2.45, 2.75) is 0 Å². The minimum Gasteiger partial charge on any atom is -0.368 e. The second-order valence-electron chi connectivity index (χ2n) is 7.15. The standard InChI is InChI=1S/C21H18FN5O4S/c22-16-3-1-2-4-18(16)26-20(29)15(19(28)24-21(26)32)12-13-11-14(27(30)31)5-6-17(13)25-9-7-23-8-10-25/h1-6,11-12,23H,7-10H2,(H,24,28,32)/b15-12-. The molecule has 2 aliphatic rings. The molecule has 2 heterocycles.